The summed E-state index contributed by atoms with van der Waals surface area (Å²) in [5, 5.41) is 2.62. The first-order valence-corrected chi connectivity index (χ1v) is 12.3. The van der Waals surface area contributed by atoms with Gasteiger partial charge in [-0.2, -0.15) is 0 Å². The summed E-state index contributed by atoms with van der Waals surface area (Å²) in [4.78, 5) is 51.6. The SMILES string of the molecule is CCOC(=O)CN1C(=O)C(NC(=O)CC(C)(C)SC(C)=O)=CCc2ccc(-c3ccccc3)cc21. The average Bonchev–Trinajstić information content (AvgIpc) is 2.90. The molecule has 0 saturated carbocycles. The molecule has 2 aromatic rings. The summed E-state index contributed by atoms with van der Waals surface area (Å²) < 4.78 is 4.49. The van der Waals surface area contributed by atoms with Crippen molar-refractivity contribution in [2.24, 2.45) is 0 Å². The summed E-state index contributed by atoms with van der Waals surface area (Å²) >= 11 is 1.08. The Hall–Kier alpha value is -3.39. The largest absolute Gasteiger partial charge is 0.465 e. The van der Waals surface area contributed by atoms with Gasteiger partial charge in [0.25, 0.3) is 5.91 Å². The maximum Gasteiger partial charge on any atom is 0.326 e. The van der Waals surface area contributed by atoms with Gasteiger partial charge in [0, 0.05) is 23.8 Å². The lowest BCUT2D eigenvalue weighted by molar-refractivity contribution is -0.142. The van der Waals surface area contributed by atoms with E-state index in [1.54, 1.807) is 26.8 Å². The Morgan fingerprint density at radius 1 is 1.09 bits per heavy atom. The van der Waals surface area contributed by atoms with Crippen LogP contribution in [0.25, 0.3) is 11.1 Å². The quantitative estimate of drug-likeness (QED) is 0.552. The summed E-state index contributed by atoms with van der Waals surface area (Å²) in [6, 6.07) is 15.5. The molecule has 0 radical (unpaired) electrons. The Morgan fingerprint density at radius 3 is 2.46 bits per heavy atom. The predicted molar refractivity (Wildman–Crippen MR) is 138 cm³/mol. The van der Waals surface area contributed by atoms with Crippen molar-refractivity contribution < 1.29 is 23.9 Å². The van der Waals surface area contributed by atoms with Crippen molar-refractivity contribution in [2.45, 2.75) is 45.3 Å². The molecule has 2 amide bonds. The van der Waals surface area contributed by atoms with Crippen LogP contribution in [-0.4, -0.2) is 40.8 Å². The number of ether oxygens (including phenoxy) is 1. The molecular formula is C27H30N2O5S. The summed E-state index contributed by atoms with van der Waals surface area (Å²) in [5.74, 6) is -1.41. The number of allylic oxidation sites excluding steroid dienone is 1. The Bertz CT molecular complexity index is 1160. The van der Waals surface area contributed by atoms with E-state index in [2.05, 4.69) is 5.32 Å². The minimum absolute atomic E-state index is 0.0465. The van der Waals surface area contributed by atoms with E-state index >= 15 is 0 Å². The third kappa shape index (κ3) is 7.05. The van der Waals surface area contributed by atoms with E-state index in [0.717, 1.165) is 28.5 Å². The zero-order valence-corrected chi connectivity index (χ0v) is 21.2. The van der Waals surface area contributed by atoms with Gasteiger partial charge < -0.3 is 10.1 Å². The van der Waals surface area contributed by atoms with Crippen molar-refractivity contribution in [2.75, 3.05) is 18.1 Å². The number of hydrogen-bond donors (Lipinski definition) is 1. The van der Waals surface area contributed by atoms with Crippen molar-refractivity contribution in [3.63, 3.8) is 0 Å². The number of amides is 2. The van der Waals surface area contributed by atoms with E-state index in [1.165, 1.54) is 11.8 Å². The highest BCUT2D eigenvalue weighted by Crippen LogP contribution is 2.32. The molecule has 0 saturated heterocycles. The number of carbonyl (C=O) groups is 4. The van der Waals surface area contributed by atoms with Crippen LogP contribution in [0.15, 0.2) is 60.3 Å². The molecule has 7 nitrogen and oxygen atoms in total. The molecule has 184 valence electrons. The number of benzene rings is 2. The third-order valence-electron chi connectivity index (χ3n) is 5.36. The molecule has 1 heterocycles. The van der Waals surface area contributed by atoms with E-state index in [-0.39, 0.29) is 36.3 Å². The van der Waals surface area contributed by atoms with E-state index in [9.17, 15) is 19.2 Å². The van der Waals surface area contributed by atoms with Crippen LogP contribution in [0.4, 0.5) is 5.69 Å². The van der Waals surface area contributed by atoms with Crippen LogP contribution in [0.2, 0.25) is 0 Å². The highest BCUT2D eigenvalue weighted by molar-refractivity contribution is 8.14. The second-order valence-electron chi connectivity index (χ2n) is 8.81. The Balaban J connectivity index is 1.91. The molecule has 0 fully saturated rings. The van der Waals surface area contributed by atoms with Gasteiger partial charge in [-0.15, -0.1) is 0 Å². The minimum Gasteiger partial charge on any atom is -0.465 e. The van der Waals surface area contributed by atoms with Gasteiger partial charge in [-0.05, 0) is 49.9 Å². The number of nitrogens with one attached hydrogen (secondary N) is 1. The third-order valence-corrected chi connectivity index (χ3v) is 6.34. The lowest BCUT2D eigenvalue weighted by Gasteiger charge is -2.25. The molecule has 0 aromatic heterocycles. The van der Waals surface area contributed by atoms with Crippen LogP contribution in [0, 0.1) is 0 Å². The fraction of sp³-hybridized carbons (Fsp3) is 0.333. The molecule has 1 N–H and O–H groups in total. The first-order valence-electron chi connectivity index (χ1n) is 11.4. The van der Waals surface area contributed by atoms with Crippen LogP contribution < -0.4 is 10.2 Å². The van der Waals surface area contributed by atoms with E-state index in [0.29, 0.717) is 12.1 Å². The maximum absolute atomic E-state index is 13.6. The van der Waals surface area contributed by atoms with Crippen LogP contribution in [0.5, 0.6) is 0 Å². The Labute approximate surface area is 209 Å². The van der Waals surface area contributed by atoms with Gasteiger partial charge in [-0.3, -0.25) is 24.1 Å². The molecule has 8 heteroatoms. The van der Waals surface area contributed by atoms with Gasteiger partial charge in [-0.1, -0.05) is 60.3 Å². The average molecular weight is 495 g/mol. The first kappa shape index (κ1) is 26.2. The smallest absolute Gasteiger partial charge is 0.326 e. The van der Waals surface area contributed by atoms with Gasteiger partial charge in [0.05, 0.1) is 6.61 Å². The second-order valence-corrected chi connectivity index (χ2v) is 10.7. The molecule has 1 aliphatic rings. The molecular weight excluding hydrogens is 464 g/mol. The van der Waals surface area contributed by atoms with Gasteiger partial charge in [0.1, 0.15) is 12.2 Å². The molecule has 0 bridgehead atoms. The number of nitrogens with zero attached hydrogens (tertiary/aromatic N) is 1. The molecule has 0 unspecified atom stereocenters. The van der Waals surface area contributed by atoms with Crippen LogP contribution in [-0.2, 0) is 30.3 Å². The Kier molecular flexibility index (Phi) is 8.51. The summed E-state index contributed by atoms with van der Waals surface area (Å²) in [6.07, 6.45) is 2.11. The number of hydrogen-bond acceptors (Lipinski definition) is 6. The Morgan fingerprint density at radius 2 is 1.80 bits per heavy atom. The van der Waals surface area contributed by atoms with Gasteiger partial charge in [0.15, 0.2) is 5.12 Å². The van der Waals surface area contributed by atoms with Crippen molar-refractivity contribution >= 4 is 40.3 Å². The van der Waals surface area contributed by atoms with Gasteiger partial charge in [0.2, 0.25) is 5.91 Å². The molecule has 2 aromatic carbocycles. The zero-order valence-electron chi connectivity index (χ0n) is 20.4. The maximum atomic E-state index is 13.6. The molecule has 35 heavy (non-hydrogen) atoms. The topological polar surface area (TPSA) is 92.8 Å². The number of rotatable bonds is 8. The van der Waals surface area contributed by atoms with Crippen molar-refractivity contribution in [1.29, 1.82) is 0 Å². The van der Waals surface area contributed by atoms with Crippen LogP contribution in [0.1, 0.15) is 39.7 Å². The van der Waals surface area contributed by atoms with Crippen LogP contribution >= 0.6 is 11.8 Å². The number of carbonyl (C=O) groups excluding carboxylic acids is 4. The summed E-state index contributed by atoms with van der Waals surface area (Å²) in [6.45, 7) is 6.68. The number of fused-ring (bicyclic) bond motifs is 1. The standard InChI is InChI=1S/C27H30N2O5S/c1-5-34-25(32)17-29-23-15-21(19-9-7-6-8-10-19)12-11-20(23)13-14-22(26(29)33)28-24(31)16-27(3,4)35-18(2)30/h6-12,14-15H,5,13,16-17H2,1-4H3,(H,28,31). The normalized spacial score (nSPS) is 13.4. The zero-order chi connectivity index (χ0) is 25.6. The minimum atomic E-state index is -0.623. The van der Waals surface area contributed by atoms with Crippen molar-refractivity contribution in [3.8, 4) is 11.1 Å². The van der Waals surface area contributed by atoms with Gasteiger partial charge >= 0.3 is 5.97 Å². The number of anilines is 1. The van der Waals surface area contributed by atoms with E-state index in [1.807, 2.05) is 48.5 Å². The second kappa shape index (κ2) is 11.4. The monoisotopic (exact) mass is 494 g/mol. The molecule has 0 spiro atoms. The highest BCUT2D eigenvalue weighted by Gasteiger charge is 2.31. The van der Waals surface area contributed by atoms with E-state index in [4.69, 9.17) is 4.74 Å². The summed E-state index contributed by atoms with van der Waals surface area (Å²) in [7, 11) is 0. The number of thioether (sulfide) groups is 1. The van der Waals surface area contributed by atoms with E-state index < -0.39 is 16.6 Å². The fourth-order valence-electron chi connectivity index (χ4n) is 3.96. The van der Waals surface area contributed by atoms with Crippen molar-refractivity contribution in [1.82, 2.24) is 5.32 Å². The molecule has 1 aliphatic heterocycles. The molecule has 0 atom stereocenters. The lowest BCUT2D eigenvalue weighted by atomic mass is 10.0. The number of esters is 1. The molecule has 3 rings (SSSR count). The molecule has 0 aliphatic carbocycles. The first-order chi connectivity index (χ1) is 16.6. The fourth-order valence-corrected chi connectivity index (χ4v) is 4.94. The lowest BCUT2D eigenvalue weighted by Crippen LogP contribution is -2.42. The highest BCUT2D eigenvalue weighted by atomic mass is 32.2. The summed E-state index contributed by atoms with van der Waals surface area (Å²) in [5.41, 5.74) is 3.42. The van der Waals surface area contributed by atoms with Crippen LogP contribution in [0.3, 0.4) is 0 Å². The van der Waals surface area contributed by atoms with Crippen molar-refractivity contribution in [3.05, 3.63) is 65.9 Å². The van der Waals surface area contributed by atoms with Gasteiger partial charge in [-0.25, -0.2) is 0 Å². The predicted octanol–water partition coefficient (Wildman–Crippen LogP) is 4.25.